The van der Waals surface area contributed by atoms with Crippen LogP contribution in [0, 0.1) is 0 Å². The molecule has 15 nitrogen and oxygen atoms in total. The highest BCUT2D eigenvalue weighted by Gasteiger charge is 2.18. The van der Waals surface area contributed by atoms with E-state index in [4.69, 9.17) is 0 Å². The third-order valence-corrected chi connectivity index (χ3v) is 12.0. The molecule has 0 bridgehead atoms. The van der Waals surface area contributed by atoms with Gasteiger partial charge < -0.3 is 0 Å². The lowest BCUT2D eigenvalue weighted by molar-refractivity contribution is 0.545. The lowest BCUT2D eigenvalue weighted by Crippen LogP contribution is -2.14. The summed E-state index contributed by atoms with van der Waals surface area (Å²) in [6, 6.07) is 23.8. The van der Waals surface area contributed by atoms with Crippen LogP contribution in [0.15, 0.2) is 184 Å². The van der Waals surface area contributed by atoms with Crippen molar-refractivity contribution in [1.82, 2.24) is 75.2 Å². The highest BCUT2D eigenvalue weighted by Crippen LogP contribution is 2.23. The lowest BCUT2D eigenvalue weighted by Gasteiger charge is -2.17. The minimum atomic E-state index is 0.0707. The van der Waals surface area contributed by atoms with Gasteiger partial charge in [-0.3, -0.25) is 34.9 Å². The van der Waals surface area contributed by atoms with Crippen LogP contribution in [-0.4, -0.2) is 75.2 Å². The Bertz CT molecular complexity index is 2560. The predicted octanol–water partition coefficient (Wildman–Crippen LogP) is 26.5. The maximum absolute atomic E-state index is 4.25. The van der Waals surface area contributed by atoms with Gasteiger partial charge in [0.1, 0.15) is 12.2 Å². The molecule has 9 rings (SSSR count). The van der Waals surface area contributed by atoms with Crippen LogP contribution >= 0.6 is 0 Å². The lowest BCUT2D eigenvalue weighted by atomic mass is 9.88. The average Bonchev–Trinajstić information content (AvgIpc) is 0.904. The van der Waals surface area contributed by atoms with Gasteiger partial charge in [0.25, 0.3) is 0 Å². The monoisotopic (exact) mass is 1450 g/mol. The zero-order valence-electron chi connectivity index (χ0n) is 75.3. The van der Waals surface area contributed by atoms with E-state index in [2.05, 4.69) is 266 Å². The van der Waals surface area contributed by atoms with Crippen molar-refractivity contribution in [3.8, 4) is 0 Å². The first-order valence-corrected chi connectivity index (χ1v) is 38.9. The van der Waals surface area contributed by atoms with Crippen molar-refractivity contribution in [2.24, 2.45) is 0 Å². The van der Waals surface area contributed by atoms with Gasteiger partial charge in [-0.25, -0.2) is 19.9 Å². The smallest absolute Gasteiger partial charge is 0.133 e. The van der Waals surface area contributed by atoms with Gasteiger partial charge in [-0.2, -0.15) is 20.4 Å². The first-order valence-electron chi connectivity index (χ1n) is 38.9. The molecule has 594 valence electrons. The van der Waals surface area contributed by atoms with E-state index < -0.39 is 0 Å². The largest absolute Gasteiger partial charge is 0.265 e. The summed E-state index contributed by atoms with van der Waals surface area (Å²) in [5, 5.41) is 15.5. The number of pyridine rings is 3. The topological polar surface area (TPSA) is 193 Å². The third-order valence-electron chi connectivity index (χ3n) is 12.0. The molecule has 0 aliphatic carbocycles. The standard InChI is InChI=1S/3C9H13N.3C8H12N2.3C7H10N2.9C2H6/c1-9(2,3)8-4-6-10-7-5-8;1-9(2,3)8-5-4-6-10-7-8;1-9(2,3)8-6-4-5-7-10-8;1-8(2,3)7-6-9-4-5-10-7;1-8(2,3)7-9-5-4-6-10-7;1-8(2,3)7-5-4-6-9-10-7;1-6(2)7-3-8-5-9-4-7;1-6(2)7-5-8-3-4-9-7;1-6(2)7-4-3-5-8-9-7;9*1-2/h3*4-7H,1-3H3;3*4-6H,1-3H3;3*3-6H,1-2H3;9*1-2H3. The molecule has 0 radical (unpaired) electrons. The molecule has 0 aliphatic heterocycles. The summed E-state index contributed by atoms with van der Waals surface area (Å²) < 4.78 is 0. The SMILES string of the molecule is CC.CC.CC.CC.CC.CC.CC.CC.CC.CC(C)(C)c1ccccn1.CC(C)(C)c1cccnc1.CC(C)(C)c1cccnn1.CC(C)(C)c1ccncc1.CC(C)(C)c1cnccn1.CC(C)(C)c1ncccn1.CC(C)c1cccnn1.CC(C)c1cnccn1.CC(C)c1cncnc1. The molecule has 0 spiro atoms. The summed E-state index contributed by atoms with van der Waals surface area (Å²) in [5.41, 5.74) is 10.1. The molecule has 105 heavy (non-hydrogen) atoms. The second kappa shape index (κ2) is 72.9. The Labute approximate surface area is 648 Å². The number of hydrogen-bond acceptors (Lipinski definition) is 15. The summed E-state index contributed by atoms with van der Waals surface area (Å²) in [4.78, 5) is 44.6. The molecule has 9 heterocycles. The van der Waals surface area contributed by atoms with Crippen molar-refractivity contribution in [2.45, 2.75) is 341 Å². The highest BCUT2D eigenvalue weighted by atomic mass is 15.1. The fourth-order valence-electron chi connectivity index (χ4n) is 6.38. The van der Waals surface area contributed by atoms with Crippen LogP contribution in [0.5, 0.6) is 0 Å². The molecule has 0 unspecified atom stereocenters. The van der Waals surface area contributed by atoms with Crippen LogP contribution in [0.4, 0.5) is 0 Å². The van der Waals surface area contributed by atoms with E-state index in [0.717, 1.165) is 34.3 Å². The normalized spacial score (nSPS) is 9.69. The summed E-state index contributed by atoms with van der Waals surface area (Å²) in [6.07, 6.45) is 31.8. The Kier molecular flexibility index (Phi) is 80.1. The molecular formula is C90H159N15. The Morgan fingerprint density at radius 3 is 0.876 bits per heavy atom. The van der Waals surface area contributed by atoms with Crippen molar-refractivity contribution >= 4 is 0 Å². The van der Waals surface area contributed by atoms with Crippen molar-refractivity contribution in [1.29, 1.82) is 0 Å². The highest BCUT2D eigenvalue weighted by molar-refractivity contribution is 5.20. The van der Waals surface area contributed by atoms with E-state index in [0.29, 0.717) is 17.8 Å². The van der Waals surface area contributed by atoms with Crippen LogP contribution in [0.2, 0.25) is 0 Å². The zero-order valence-corrected chi connectivity index (χ0v) is 75.3. The van der Waals surface area contributed by atoms with E-state index in [1.54, 1.807) is 74.5 Å². The molecule has 0 saturated heterocycles. The van der Waals surface area contributed by atoms with Crippen LogP contribution in [-0.2, 0) is 32.5 Å². The van der Waals surface area contributed by atoms with E-state index in [9.17, 15) is 0 Å². The first kappa shape index (κ1) is 115. The Balaban J connectivity index is -0.000000137. The molecule has 9 aromatic heterocycles. The molecule has 0 saturated carbocycles. The number of hydrogen-bond donors (Lipinski definition) is 0. The average molecular weight is 1450 g/mol. The Hall–Kier alpha value is -8.07. The van der Waals surface area contributed by atoms with E-state index in [1.165, 1.54) is 16.7 Å². The predicted molar refractivity (Wildman–Crippen MR) is 462 cm³/mol. The van der Waals surface area contributed by atoms with Crippen molar-refractivity contribution in [3.05, 3.63) is 235 Å². The quantitative estimate of drug-likeness (QED) is 0.162. The van der Waals surface area contributed by atoms with Gasteiger partial charge in [-0.1, -0.05) is 303 Å². The van der Waals surface area contributed by atoms with Crippen LogP contribution in [0.1, 0.15) is 360 Å². The van der Waals surface area contributed by atoms with Gasteiger partial charge in [0.05, 0.1) is 22.8 Å². The van der Waals surface area contributed by atoms with Gasteiger partial charge in [-0.15, -0.1) is 0 Å². The molecule has 0 aromatic carbocycles. The number of rotatable bonds is 3. The van der Waals surface area contributed by atoms with Crippen LogP contribution in [0.3, 0.4) is 0 Å². The van der Waals surface area contributed by atoms with Crippen molar-refractivity contribution in [2.75, 3.05) is 0 Å². The minimum Gasteiger partial charge on any atom is -0.265 e. The van der Waals surface area contributed by atoms with Gasteiger partial charge in [0, 0.05) is 133 Å². The molecule has 0 amide bonds. The van der Waals surface area contributed by atoms with Crippen LogP contribution < -0.4 is 0 Å². The van der Waals surface area contributed by atoms with Gasteiger partial charge in [-0.05, 0) is 106 Å². The Morgan fingerprint density at radius 2 is 0.638 bits per heavy atom. The van der Waals surface area contributed by atoms with E-state index >= 15 is 0 Å². The van der Waals surface area contributed by atoms with Crippen molar-refractivity contribution < 1.29 is 0 Å². The number of aromatic nitrogens is 15. The molecule has 0 aliphatic rings. The van der Waals surface area contributed by atoms with Crippen molar-refractivity contribution in [3.63, 3.8) is 0 Å². The fourth-order valence-corrected chi connectivity index (χ4v) is 6.38. The van der Waals surface area contributed by atoms with E-state index in [-0.39, 0.29) is 32.5 Å². The number of nitrogens with zero attached hydrogens (tertiary/aromatic N) is 15. The second-order valence-corrected chi connectivity index (χ2v) is 27.4. The third kappa shape index (κ3) is 67.6. The fraction of sp³-hybridized carbons (Fsp3) is 0.567. The molecule has 0 N–H and O–H groups in total. The Morgan fingerprint density at radius 1 is 0.238 bits per heavy atom. The van der Waals surface area contributed by atoms with Gasteiger partial charge >= 0.3 is 0 Å². The first-order chi connectivity index (χ1) is 49.5. The second-order valence-electron chi connectivity index (χ2n) is 27.4. The van der Waals surface area contributed by atoms with Crippen LogP contribution in [0.25, 0.3) is 0 Å². The summed E-state index contributed by atoms with van der Waals surface area (Å²) >= 11 is 0. The molecule has 0 fully saturated rings. The summed E-state index contributed by atoms with van der Waals surface area (Å²) in [7, 11) is 0. The molecule has 0 atom stereocenters. The summed E-state index contributed by atoms with van der Waals surface area (Å²) in [6.45, 7) is 87.3. The van der Waals surface area contributed by atoms with Gasteiger partial charge in [0.15, 0.2) is 0 Å². The minimum absolute atomic E-state index is 0.0707. The molecule has 15 heteroatoms. The maximum Gasteiger partial charge on any atom is 0.133 e. The summed E-state index contributed by atoms with van der Waals surface area (Å²) in [5.74, 6) is 2.40. The maximum atomic E-state index is 4.25. The zero-order chi connectivity index (χ0) is 83.7. The van der Waals surface area contributed by atoms with Gasteiger partial charge in [0.2, 0.25) is 0 Å². The molecule has 9 aromatic rings. The molecular weight excluding hydrogens is 1290 g/mol. The van der Waals surface area contributed by atoms with E-state index in [1.807, 2.05) is 210 Å².